The second-order valence-electron chi connectivity index (χ2n) is 7.75. The highest BCUT2D eigenvalue weighted by atomic mass is 32.2. The first-order chi connectivity index (χ1) is 11.0. The average molecular weight is 385 g/mol. The second kappa shape index (κ2) is 5.88. The molecule has 1 saturated heterocycles. The average Bonchev–Trinajstić information content (AvgIpc) is 3.14. The Morgan fingerprint density at radius 3 is 2.62 bits per heavy atom. The van der Waals surface area contributed by atoms with Gasteiger partial charge in [-0.05, 0) is 30.3 Å². The molecule has 2 unspecified atom stereocenters. The maximum Gasteiger partial charge on any atom is 0.270 e. The summed E-state index contributed by atoms with van der Waals surface area (Å²) in [5.74, 6) is 0. The van der Waals surface area contributed by atoms with E-state index in [0.717, 1.165) is 10.2 Å². The van der Waals surface area contributed by atoms with E-state index in [1.807, 2.05) is 24.3 Å². The van der Waals surface area contributed by atoms with E-state index in [1.165, 1.54) is 15.6 Å². The minimum absolute atomic E-state index is 0.0591. The molecule has 1 aromatic heterocycles. The third kappa shape index (κ3) is 3.30. The maximum absolute atomic E-state index is 12.7. The number of thiazole rings is 1. The molecule has 0 saturated carbocycles. The summed E-state index contributed by atoms with van der Waals surface area (Å²) in [6.07, 6.45) is 0. The van der Waals surface area contributed by atoms with E-state index >= 15 is 0 Å². The van der Waals surface area contributed by atoms with Crippen molar-refractivity contribution in [3.63, 3.8) is 0 Å². The molecular weight excluding hydrogens is 360 g/mol. The van der Waals surface area contributed by atoms with Crippen LogP contribution in [0.1, 0.15) is 20.8 Å². The van der Waals surface area contributed by atoms with Gasteiger partial charge in [0, 0.05) is 6.54 Å². The second-order valence-corrected chi connectivity index (χ2v) is 15.7. The maximum atomic E-state index is 12.7. The molecule has 2 atom stereocenters. The number of hydrogen-bond donors (Lipinski definition) is 0. The molecule has 0 spiro atoms. The Balaban J connectivity index is 1.70. The third-order valence-electron chi connectivity index (χ3n) is 4.91. The van der Waals surface area contributed by atoms with E-state index in [2.05, 4.69) is 38.8 Å². The van der Waals surface area contributed by atoms with Gasteiger partial charge < -0.3 is 4.43 Å². The van der Waals surface area contributed by atoms with Gasteiger partial charge in [0.25, 0.3) is 10.0 Å². The molecule has 0 N–H and O–H groups in total. The van der Waals surface area contributed by atoms with E-state index in [4.69, 9.17) is 4.43 Å². The van der Waals surface area contributed by atoms with Crippen LogP contribution in [0.25, 0.3) is 10.2 Å². The molecule has 0 aliphatic carbocycles. The van der Waals surface area contributed by atoms with Crippen LogP contribution in [-0.2, 0) is 14.4 Å². The Kier molecular flexibility index (Phi) is 4.41. The number of aromatic nitrogens is 1. The van der Waals surface area contributed by atoms with Gasteiger partial charge in [-0.3, -0.25) is 0 Å². The molecule has 1 fully saturated rings. The van der Waals surface area contributed by atoms with Crippen LogP contribution in [0, 0.1) is 0 Å². The molecule has 0 radical (unpaired) electrons. The number of rotatable bonds is 5. The number of hydrogen-bond acceptors (Lipinski definition) is 5. The van der Waals surface area contributed by atoms with Gasteiger partial charge in [-0.25, -0.2) is 13.4 Å². The molecule has 3 rings (SSSR count). The van der Waals surface area contributed by atoms with E-state index < -0.39 is 18.3 Å². The zero-order valence-electron chi connectivity index (χ0n) is 14.7. The van der Waals surface area contributed by atoms with E-state index in [9.17, 15) is 8.42 Å². The van der Waals surface area contributed by atoms with Crippen molar-refractivity contribution < 1.29 is 12.8 Å². The Labute approximate surface area is 148 Å². The van der Waals surface area contributed by atoms with Crippen molar-refractivity contribution in [2.75, 3.05) is 13.2 Å². The molecule has 0 amide bonds. The zero-order valence-corrected chi connectivity index (χ0v) is 17.4. The van der Waals surface area contributed by atoms with Gasteiger partial charge in [0.15, 0.2) is 8.32 Å². The minimum atomic E-state index is -3.50. The number of sulfonamides is 1. The van der Waals surface area contributed by atoms with Crippen LogP contribution < -0.4 is 0 Å². The summed E-state index contributed by atoms with van der Waals surface area (Å²) in [7, 11) is -5.36. The standard InChI is InChI=1S/C16H24N2O3S2Si/c1-16(2,3)24(4,5)21-11-12-10-18(12)23(19,20)15-17-13-8-6-7-9-14(13)22-15/h6-9,12H,10-11H2,1-5H3. The highest BCUT2D eigenvalue weighted by molar-refractivity contribution is 7.91. The Bertz CT molecular complexity index is 823. The van der Waals surface area contributed by atoms with Crippen LogP contribution in [0.4, 0.5) is 0 Å². The van der Waals surface area contributed by atoms with E-state index in [0.29, 0.717) is 13.2 Å². The first-order valence-electron chi connectivity index (χ1n) is 8.04. The van der Waals surface area contributed by atoms with Gasteiger partial charge >= 0.3 is 0 Å². The van der Waals surface area contributed by atoms with E-state index in [-0.39, 0.29) is 15.4 Å². The van der Waals surface area contributed by atoms with Crippen molar-refractivity contribution in [1.29, 1.82) is 0 Å². The molecule has 2 heterocycles. The Morgan fingerprint density at radius 2 is 2.00 bits per heavy atom. The summed E-state index contributed by atoms with van der Waals surface area (Å²) in [5, 5.41) is 0.124. The number of benzene rings is 1. The SMILES string of the molecule is CC(C)(C)[Si](C)(C)OCC1CN1S(=O)(=O)c1nc2ccccc2s1. The molecule has 1 aliphatic rings. The van der Waals surface area contributed by atoms with Crippen LogP contribution >= 0.6 is 11.3 Å². The summed E-state index contributed by atoms with van der Waals surface area (Å²) in [6, 6.07) is 7.43. The first-order valence-corrected chi connectivity index (χ1v) is 13.2. The Morgan fingerprint density at radius 1 is 1.33 bits per heavy atom. The normalized spacial score (nSPS) is 22.0. The predicted molar refractivity (Wildman–Crippen MR) is 100 cm³/mol. The van der Waals surface area contributed by atoms with Gasteiger partial charge in [-0.15, -0.1) is 11.3 Å². The lowest BCUT2D eigenvalue weighted by atomic mass is 10.2. The molecule has 1 aromatic carbocycles. The van der Waals surface area contributed by atoms with Gasteiger partial charge in [-0.2, -0.15) is 4.31 Å². The fourth-order valence-corrected chi connectivity index (χ4v) is 6.13. The smallest absolute Gasteiger partial charge is 0.270 e. The van der Waals surface area contributed by atoms with Crippen LogP contribution in [0.15, 0.2) is 28.6 Å². The summed E-state index contributed by atoms with van der Waals surface area (Å²) in [4.78, 5) is 4.28. The third-order valence-corrected chi connectivity index (χ3v) is 12.7. The molecule has 5 nitrogen and oxygen atoms in total. The van der Waals surface area contributed by atoms with Crippen LogP contribution in [-0.4, -0.2) is 45.2 Å². The lowest BCUT2D eigenvalue weighted by Crippen LogP contribution is -2.42. The molecule has 0 bridgehead atoms. The molecular formula is C16H24N2O3S2Si. The molecule has 2 aromatic rings. The summed E-state index contributed by atoms with van der Waals surface area (Å²) >= 11 is 1.23. The monoisotopic (exact) mass is 384 g/mol. The van der Waals surface area contributed by atoms with Crippen LogP contribution in [0.5, 0.6) is 0 Å². The van der Waals surface area contributed by atoms with Crippen molar-refractivity contribution in [3.8, 4) is 0 Å². The lowest BCUT2D eigenvalue weighted by Gasteiger charge is -2.36. The topological polar surface area (TPSA) is 59.3 Å². The van der Waals surface area contributed by atoms with E-state index in [1.54, 1.807) is 0 Å². The minimum Gasteiger partial charge on any atom is -0.415 e. The fourth-order valence-electron chi connectivity index (χ4n) is 2.17. The van der Waals surface area contributed by atoms with Gasteiger partial charge in [0.2, 0.25) is 4.34 Å². The summed E-state index contributed by atoms with van der Waals surface area (Å²) in [5.41, 5.74) is 0.733. The van der Waals surface area contributed by atoms with Crippen molar-refractivity contribution >= 4 is 39.9 Å². The van der Waals surface area contributed by atoms with Gasteiger partial charge in [0.1, 0.15) is 0 Å². The lowest BCUT2D eigenvalue weighted by molar-refractivity contribution is 0.281. The number of fused-ring (bicyclic) bond motifs is 1. The van der Waals surface area contributed by atoms with Crippen molar-refractivity contribution in [2.45, 2.75) is 49.3 Å². The molecule has 132 valence electrons. The van der Waals surface area contributed by atoms with Gasteiger partial charge in [-0.1, -0.05) is 32.9 Å². The highest BCUT2D eigenvalue weighted by Gasteiger charge is 2.48. The molecule has 24 heavy (non-hydrogen) atoms. The largest absolute Gasteiger partial charge is 0.415 e. The fraction of sp³-hybridized carbons (Fsp3) is 0.562. The Hall–Kier alpha value is -0.803. The number of para-hydroxylation sites is 1. The molecule has 1 aliphatic heterocycles. The predicted octanol–water partition coefficient (Wildman–Crippen LogP) is 3.69. The zero-order chi connectivity index (χ0) is 17.8. The first kappa shape index (κ1) is 18.0. The van der Waals surface area contributed by atoms with Crippen LogP contribution in [0.2, 0.25) is 18.1 Å². The summed E-state index contributed by atoms with van der Waals surface area (Å²) in [6.45, 7) is 11.9. The highest BCUT2D eigenvalue weighted by Crippen LogP contribution is 2.38. The van der Waals surface area contributed by atoms with Crippen LogP contribution in [0.3, 0.4) is 0 Å². The van der Waals surface area contributed by atoms with Crippen molar-refractivity contribution in [2.24, 2.45) is 0 Å². The van der Waals surface area contributed by atoms with Crippen molar-refractivity contribution in [1.82, 2.24) is 9.29 Å². The van der Waals surface area contributed by atoms with Crippen molar-refractivity contribution in [3.05, 3.63) is 24.3 Å². The van der Waals surface area contributed by atoms with Gasteiger partial charge in [0.05, 0.1) is 22.9 Å². The molecule has 8 heteroatoms. The quantitative estimate of drug-likeness (QED) is 0.583. The summed E-state index contributed by atoms with van der Waals surface area (Å²) < 4.78 is 34.2. The number of nitrogens with zero attached hydrogens (tertiary/aromatic N) is 2.